The van der Waals surface area contributed by atoms with Crippen LogP contribution in [0.1, 0.15) is 31.2 Å². The van der Waals surface area contributed by atoms with Gasteiger partial charge in [0.05, 0.1) is 23.8 Å². The molecule has 0 saturated carbocycles. The summed E-state index contributed by atoms with van der Waals surface area (Å²) < 4.78 is 1.70. The van der Waals surface area contributed by atoms with Crippen molar-refractivity contribution in [3.8, 4) is 0 Å². The molecule has 1 aliphatic rings. The van der Waals surface area contributed by atoms with Crippen molar-refractivity contribution in [2.75, 3.05) is 19.7 Å². The van der Waals surface area contributed by atoms with Crippen molar-refractivity contribution >= 4 is 10.9 Å². The Morgan fingerprint density at radius 1 is 1.30 bits per heavy atom. The Kier molecular flexibility index (Phi) is 5.08. The van der Waals surface area contributed by atoms with E-state index < -0.39 is 0 Å². The van der Waals surface area contributed by atoms with Crippen LogP contribution in [-0.2, 0) is 6.54 Å². The van der Waals surface area contributed by atoms with E-state index in [1.807, 2.05) is 25.1 Å². The molecule has 5 heteroatoms. The van der Waals surface area contributed by atoms with Crippen molar-refractivity contribution in [3.05, 3.63) is 40.4 Å². The topological polar surface area (TPSA) is 58.4 Å². The molecular weight excluding hydrogens is 290 g/mol. The van der Waals surface area contributed by atoms with Crippen LogP contribution in [0.2, 0.25) is 0 Å². The number of piperidine rings is 1. The van der Waals surface area contributed by atoms with Gasteiger partial charge in [-0.25, -0.2) is 4.98 Å². The van der Waals surface area contributed by atoms with Crippen molar-refractivity contribution in [2.45, 2.75) is 45.2 Å². The monoisotopic (exact) mass is 315 g/mol. The molecule has 23 heavy (non-hydrogen) atoms. The molecule has 0 radical (unpaired) electrons. The Hall–Kier alpha value is -1.72. The second-order valence-corrected chi connectivity index (χ2v) is 6.49. The molecule has 1 saturated heterocycles. The van der Waals surface area contributed by atoms with Gasteiger partial charge in [-0.05, 0) is 50.4 Å². The molecule has 1 atom stereocenters. The number of fused-ring (bicyclic) bond motifs is 1. The Labute approximate surface area is 136 Å². The van der Waals surface area contributed by atoms with E-state index in [4.69, 9.17) is 0 Å². The first kappa shape index (κ1) is 16.1. The maximum atomic E-state index is 12.5. The van der Waals surface area contributed by atoms with Crippen LogP contribution in [0.5, 0.6) is 0 Å². The summed E-state index contributed by atoms with van der Waals surface area (Å²) in [5.41, 5.74) is 1.91. The van der Waals surface area contributed by atoms with E-state index in [9.17, 15) is 9.90 Å². The van der Waals surface area contributed by atoms with Gasteiger partial charge in [0.15, 0.2) is 0 Å². The third kappa shape index (κ3) is 3.62. The number of hydrogen-bond donors (Lipinski definition) is 1. The third-order valence-electron chi connectivity index (χ3n) is 4.78. The van der Waals surface area contributed by atoms with E-state index in [1.54, 1.807) is 10.9 Å². The lowest BCUT2D eigenvalue weighted by atomic mass is 10.0. The average molecular weight is 315 g/mol. The fraction of sp³-hybridized carbons (Fsp3) is 0.556. The quantitative estimate of drug-likeness (QED) is 0.916. The zero-order chi connectivity index (χ0) is 16.2. The Balaban J connectivity index is 1.66. The van der Waals surface area contributed by atoms with E-state index in [1.165, 1.54) is 12.8 Å². The number of aliphatic hydroxyl groups excluding tert-OH is 1. The van der Waals surface area contributed by atoms with Crippen LogP contribution >= 0.6 is 0 Å². The summed E-state index contributed by atoms with van der Waals surface area (Å²) >= 11 is 0. The molecule has 0 amide bonds. The minimum Gasteiger partial charge on any atom is -0.395 e. The molecule has 1 N–H and O–H groups in total. The van der Waals surface area contributed by atoms with E-state index >= 15 is 0 Å². The minimum absolute atomic E-state index is 0.0346. The first-order valence-corrected chi connectivity index (χ1v) is 8.50. The van der Waals surface area contributed by atoms with Crippen LogP contribution in [0, 0.1) is 6.92 Å². The normalized spacial score (nSPS) is 19.3. The van der Waals surface area contributed by atoms with Gasteiger partial charge in [0.25, 0.3) is 5.56 Å². The standard InChI is InChI=1S/C18H25N3O2/c1-14-6-7-16-17(11-14)19-13-21(18(16)23)10-4-9-20-8-3-2-5-15(20)12-22/h6-7,11,13,15,22H,2-5,8-10,12H2,1H3. The molecule has 0 bridgehead atoms. The molecule has 1 aliphatic heterocycles. The van der Waals surface area contributed by atoms with Gasteiger partial charge in [0, 0.05) is 19.1 Å². The Morgan fingerprint density at radius 3 is 3.00 bits per heavy atom. The Morgan fingerprint density at radius 2 is 2.17 bits per heavy atom. The second-order valence-electron chi connectivity index (χ2n) is 6.49. The lowest BCUT2D eigenvalue weighted by molar-refractivity contribution is 0.0881. The third-order valence-corrected chi connectivity index (χ3v) is 4.78. The molecule has 124 valence electrons. The number of hydrogen-bond acceptors (Lipinski definition) is 4. The number of benzene rings is 1. The van der Waals surface area contributed by atoms with Crippen molar-refractivity contribution in [1.82, 2.24) is 14.5 Å². The Bertz CT molecular complexity index is 726. The van der Waals surface area contributed by atoms with Gasteiger partial charge in [-0.15, -0.1) is 0 Å². The second kappa shape index (κ2) is 7.23. The van der Waals surface area contributed by atoms with Crippen LogP contribution in [-0.4, -0.2) is 45.3 Å². The van der Waals surface area contributed by atoms with E-state index in [-0.39, 0.29) is 18.2 Å². The summed E-state index contributed by atoms with van der Waals surface area (Å²) in [7, 11) is 0. The fourth-order valence-corrected chi connectivity index (χ4v) is 3.43. The maximum absolute atomic E-state index is 12.5. The molecule has 2 aromatic rings. The summed E-state index contributed by atoms with van der Waals surface area (Å²) in [4.78, 5) is 19.3. The van der Waals surface area contributed by atoms with Gasteiger partial charge in [-0.3, -0.25) is 14.3 Å². The SMILES string of the molecule is Cc1ccc2c(=O)n(CCCN3CCCCC3CO)cnc2c1. The molecule has 1 fully saturated rings. The predicted octanol–water partition coefficient (Wildman–Crippen LogP) is 1.94. The fourth-order valence-electron chi connectivity index (χ4n) is 3.43. The first-order valence-electron chi connectivity index (χ1n) is 8.50. The van der Waals surface area contributed by atoms with Crippen LogP contribution < -0.4 is 5.56 Å². The van der Waals surface area contributed by atoms with Crippen molar-refractivity contribution in [1.29, 1.82) is 0 Å². The van der Waals surface area contributed by atoms with E-state index in [2.05, 4.69) is 9.88 Å². The van der Waals surface area contributed by atoms with Crippen LogP contribution in [0.3, 0.4) is 0 Å². The van der Waals surface area contributed by atoms with E-state index in [0.717, 1.165) is 37.0 Å². The maximum Gasteiger partial charge on any atom is 0.261 e. The summed E-state index contributed by atoms with van der Waals surface area (Å²) in [6, 6.07) is 6.05. The van der Waals surface area contributed by atoms with Gasteiger partial charge in [-0.1, -0.05) is 12.5 Å². The molecule has 1 unspecified atom stereocenters. The molecule has 2 heterocycles. The summed E-state index contributed by atoms with van der Waals surface area (Å²) in [6.07, 6.45) is 6.04. The average Bonchev–Trinajstić information content (AvgIpc) is 2.57. The van der Waals surface area contributed by atoms with Crippen molar-refractivity contribution in [3.63, 3.8) is 0 Å². The lowest BCUT2D eigenvalue weighted by Gasteiger charge is -2.34. The molecule has 0 spiro atoms. The van der Waals surface area contributed by atoms with Gasteiger partial charge in [-0.2, -0.15) is 0 Å². The number of likely N-dealkylation sites (tertiary alicyclic amines) is 1. The molecule has 1 aromatic carbocycles. The highest BCUT2D eigenvalue weighted by Gasteiger charge is 2.20. The van der Waals surface area contributed by atoms with Gasteiger partial charge in [0.1, 0.15) is 0 Å². The van der Waals surface area contributed by atoms with Crippen molar-refractivity contribution < 1.29 is 5.11 Å². The minimum atomic E-state index is 0.0346. The zero-order valence-corrected chi connectivity index (χ0v) is 13.7. The smallest absolute Gasteiger partial charge is 0.261 e. The highest BCUT2D eigenvalue weighted by molar-refractivity contribution is 5.77. The summed E-state index contributed by atoms with van der Waals surface area (Å²) in [6.45, 7) is 4.88. The molecule has 1 aromatic heterocycles. The lowest BCUT2D eigenvalue weighted by Crippen LogP contribution is -2.42. The van der Waals surface area contributed by atoms with Gasteiger partial charge in [0.2, 0.25) is 0 Å². The van der Waals surface area contributed by atoms with Crippen molar-refractivity contribution in [2.24, 2.45) is 0 Å². The molecule has 3 rings (SSSR count). The number of aliphatic hydroxyl groups is 1. The summed E-state index contributed by atoms with van der Waals surface area (Å²) in [5, 5.41) is 10.1. The number of aromatic nitrogens is 2. The number of nitrogens with zero attached hydrogens (tertiary/aromatic N) is 3. The van der Waals surface area contributed by atoms with Crippen LogP contribution in [0.4, 0.5) is 0 Å². The zero-order valence-electron chi connectivity index (χ0n) is 13.7. The predicted molar refractivity (Wildman–Crippen MR) is 91.7 cm³/mol. The van der Waals surface area contributed by atoms with E-state index in [0.29, 0.717) is 11.9 Å². The first-order chi connectivity index (χ1) is 11.2. The number of rotatable bonds is 5. The molecular formula is C18H25N3O2. The van der Waals surface area contributed by atoms with Crippen LogP contribution in [0.25, 0.3) is 10.9 Å². The summed E-state index contributed by atoms with van der Waals surface area (Å²) in [5.74, 6) is 0. The van der Waals surface area contributed by atoms with Gasteiger partial charge < -0.3 is 5.11 Å². The highest BCUT2D eigenvalue weighted by Crippen LogP contribution is 2.16. The molecule has 5 nitrogen and oxygen atoms in total. The molecule has 0 aliphatic carbocycles. The largest absolute Gasteiger partial charge is 0.395 e. The highest BCUT2D eigenvalue weighted by atomic mass is 16.3. The van der Waals surface area contributed by atoms with Crippen LogP contribution in [0.15, 0.2) is 29.3 Å². The number of aryl methyl sites for hydroxylation is 2. The van der Waals surface area contributed by atoms with Gasteiger partial charge >= 0.3 is 0 Å².